The molecule has 0 bridgehead atoms. The summed E-state index contributed by atoms with van der Waals surface area (Å²) < 4.78 is 0. The number of benzene rings is 4. The normalized spacial score (nSPS) is 17.5. The molecule has 0 N–H and O–H groups in total. The Balaban J connectivity index is 1.50. The van der Waals surface area contributed by atoms with E-state index in [4.69, 9.17) is 19.9 Å². The molecule has 4 aromatic heterocycles. The van der Waals surface area contributed by atoms with Gasteiger partial charge < -0.3 is 9.80 Å². The number of anilines is 4. The van der Waals surface area contributed by atoms with Crippen molar-refractivity contribution in [2.75, 3.05) is 30.6 Å². The van der Waals surface area contributed by atoms with Crippen LogP contribution in [0.3, 0.4) is 0 Å². The van der Waals surface area contributed by atoms with Crippen molar-refractivity contribution in [3.05, 3.63) is 122 Å². The first-order valence-corrected chi connectivity index (χ1v) is 22.0. The molecule has 8 heteroatoms. The predicted molar refractivity (Wildman–Crippen MR) is 232 cm³/mol. The summed E-state index contributed by atoms with van der Waals surface area (Å²) in [4.78, 5) is 24.6. The maximum atomic E-state index is 4.94. The third kappa shape index (κ3) is 5.38. The van der Waals surface area contributed by atoms with Crippen LogP contribution in [0.4, 0.5) is 22.7 Å². The minimum atomic E-state index is -2.18. The smallest absolute Gasteiger partial charge is 0.125 e. The van der Waals surface area contributed by atoms with Crippen LogP contribution in [-0.4, -0.2) is 52.0 Å². The van der Waals surface area contributed by atoms with E-state index in [1.54, 1.807) is 0 Å². The van der Waals surface area contributed by atoms with E-state index < -0.39 is 15.2 Å². The fourth-order valence-corrected chi connectivity index (χ4v) is 14.6. The Bertz CT molecular complexity index is 2550. The molecule has 53 heavy (non-hydrogen) atoms. The quantitative estimate of drug-likeness (QED) is 0.165. The topological polar surface area (TPSA) is 58.0 Å². The van der Waals surface area contributed by atoms with E-state index in [0.29, 0.717) is 11.3 Å². The van der Waals surface area contributed by atoms with Crippen LogP contribution in [0.5, 0.6) is 0 Å². The van der Waals surface area contributed by atoms with E-state index >= 15 is 0 Å². The highest BCUT2D eigenvalue weighted by molar-refractivity contribution is 7.90. The lowest BCUT2D eigenvalue weighted by molar-refractivity contribution is 1.09. The van der Waals surface area contributed by atoms with Crippen molar-refractivity contribution in [1.29, 1.82) is 0 Å². The number of rotatable bonds is 2. The molecule has 0 amide bonds. The van der Waals surface area contributed by atoms with Gasteiger partial charge >= 0.3 is 0 Å². The molecule has 8 aromatic rings. The van der Waals surface area contributed by atoms with Gasteiger partial charge in [0.1, 0.15) is 10.6 Å². The first kappa shape index (κ1) is 33.8. The molecule has 4 aromatic carbocycles. The van der Waals surface area contributed by atoms with Crippen molar-refractivity contribution < 1.29 is 0 Å². The summed E-state index contributed by atoms with van der Waals surface area (Å²) in [6.07, 6.45) is 7.63. The SMILES string of the molecule is CC(C)P1c2cc3cccnc3cc2N(C)c2cc3ncccc3cc2[P+](C)(C(C)C)c2cc3ncccc3cc2N(C)c2cc3cccnc3cc21. The Morgan fingerprint density at radius 2 is 0.887 bits per heavy atom. The van der Waals surface area contributed by atoms with E-state index in [1.807, 2.05) is 43.0 Å². The van der Waals surface area contributed by atoms with Gasteiger partial charge in [0.15, 0.2) is 0 Å². The first-order valence-electron chi connectivity index (χ1n) is 18.3. The molecular weight excluding hydrogens is 686 g/mol. The van der Waals surface area contributed by atoms with Crippen LogP contribution in [0.1, 0.15) is 27.7 Å². The maximum absolute atomic E-state index is 4.94. The Hall–Kier alpha value is -5.02. The van der Waals surface area contributed by atoms with Crippen molar-refractivity contribution in [3.63, 3.8) is 0 Å². The van der Waals surface area contributed by atoms with Crippen LogP contribution in [0.15, 0.2) is 122 Å². The summed E-state index contributed by atoms with van der Waals surface area (Å²) >= 11 is 0. The molecule has 0 radical (unpaired) electrons. The Labute approximate surface area is 313 Å². The average Bonchev–Trinajstić information content (AvgIpc) is 3.18. The molecule has 1 aliphatic rings. The minimum Gasteiger partial charge on any atom is -0.341 e. The zero-order valence-electron chi connectivity index (χ0n) is 31.3. The molecule has 6 nitrogen and oxygen atoms in total. The van der Waals surface area contributed by atoms with Gasteiger partial charge in [-0.3, -0.25) is 19.9 Å². The Morgan fingerprint density at radius 3 is 1.43 bits per heavy atom. The van der Waals surface area contributed by atoms with Crippen molar-refractivity contribution >= 4 is 103 Å². The van der Waals surface area contributed by atoms with Crippen LogP contribution in [0.25, 0.3) is 43.6 Å². The maximum Gasteiger partial charge on any atom is 0.125 e. The van der Waals surface area contributed by atoms with Gasteiger partial charge in [-0.1, -0.05) is 38.1 Å². The highest BCUT2D eigenvalue weighted by Crippen LogP contribution is 2.62. The minimum absolute atomic E-state index is 0.325. The lowest BCUT2D eigenvalue weighted by Gasteiger charge is -2.38. The van der Waals surface area contributed by atoms with E-state index in [2.05, 4.69) is 137 Å². The highest BCUT2D eigenvalue weighted by Gasteiger charge is 2.47. The van der Waals surface area contributed by atoms with Gasteiger partial charge in [-0.2, -0.15) is 0 Å². The standard InChI is InChI=1S/C45H43N6P2/c1-28(2)52-42-22-32-14-10-16-46-34(32)24-39(42)51(6)41-25-35-33(15-11-17-47-35)23-44(41)53(7,29(3)4)45-27-37-31(13-9-19-49-37)21-40(45)50(5)38-20-30-12-8-18-48-36(30)26-43(38)52/h8-29H,1-7H3/q+1. The molecule has 9 rings (SSSR count). The second-order valence-electron chi connectivity index (χ2n) is 14.9. The van der Waals surface area contributed by atoms with Gasteiger partial charge in [-0.05, 0) is 94.2 Å². The monoisotopic (exact) mass is 729 g/mol. The van der Waals surface area contributed by atoms with Crippen molar-refractivity contribution in [3.8, 4) is 0 Å². The van der Waals surface area contributed by atoms with Crippen LogP contribution in [-0.2, 0) is 0 Å². The van der Waals surface area contributed by atoms with Crippen LogP contribution >= 0.6 is 15.2 Å². The lowest BCUT2D eigenvalue weighted by Crippen LogP contribution is -2.37. The molecule has 262 valence electrons. The van der Waals surface area contributed by atoms with Gasteiger partial charge in [0.25, 0.3) is 0 Å². The molecule has 1 aliphatic heterocycles. The zero-order chi connectivity index (χ0) is 36.6. The van der Waals surface area contributed by atoms with Crippen LogP contribution < -0.4 is 31.0 Å². The molecule has 0 saturated carbocycles. The van der Waals surface area contributed by atoms with Crippen molar-refractivity contribution in [2.45, 2.75) is 39.0 Å². The fraction of sp³-hybridized carbons (Fsp3) is 0.200. The predicted octanol–water partition coefficient (Wildman–Crippen LogP) is 9.58. The van der Waals surface area contributed by atoms with Gasteiger partial charge in [-0.15, -0.1) is 0 Å². The first-order chi connectivity index (χ1) is 25.6. The van der Waals surface area contributed by atoms with Crippen molar-refractivity contribution in [2.24, 2.45) is 0 Å². The molecular formula is C45H43N6P2+. The van der Waals surface area contributed by atoms with Crippen molar-refractivity contribution in [1.82, 2.24) is 19.9 Å². The van der Waals surface area contributed by atoms with Crippen LogP contribution in [0, 0.1) is 0 Å². The molecule has 2 unspecified atom stereocenters. The Kier molecular flexibility index (Phi) is 8.18. The number of hydrogen-bond acceptors (Lipinski definition) is 6. The van der Waals surface area contributed by atoms with E-state index in [9.17, 15) is 0 Å². The third-order valence-electron chi connectivity index (χ3n) is 11.3. The number of nitrogens with zero attached hydrogens (tertiary/aromatic N) is 6. The molecule has 0 spiro atoms. The largest absolute Gasteiger partial charge is 0.341 e. The average molecular weight is 730 g/mol. The summed E-state index contributed by atoms with van der Waals surface area (Å²) in [5, 5.41) is 9.96. The fourth-order valence-electron chi connectivity index (χ4n) is 8.23. The summed E-state index contributed by atoms with van der Waals surface area (Å²) in [5.74, 6) is 0. The van der Waals surface area contributed by atoms with E-state index in [0.717, 1.165) is 43.6 Å². The summed E-state index contributed by atoms with van der Waals surface area (Å²) in [6.45, 7) is 12.1. The van der Waals surface area contributed by atoms with Gasteiger partial charge in [-0.25, -0.2) is 0 Å². The summed E-state index contributed by atoms with van der Waals surface area (Å²) in [5.41, 5.74) is 9.48. The van der Waals surface area contributed by atoms with E-state index in [-0.39, 0.29) is 0 Å². The molecule has 5 heterocycles. The number of pyridine rings is 4. The molecule has 0 saturated heterocycles. The second kappa shape index (κ2) is 12.8. The Morgan fingerprint density at radius 1 is 0.491 bits per heavy atom. The zero-order valence-corrected chi connectivity index (χ0v) is 33.1. The third-order valence-corrected chi connectivity index (χ3v) is 18.9. The van der Waals surface area contributed by atoms with Gasteiger partial charge in [0.05, 0.1) is 58.7 Å². The summed E-state index contributed by atoms with van der Waals surface area (Å²) in [6, 6.07) is 36.0. The highest BCUT2D eigenvalue weighted by atomic mass is 31.2. The molecule has 2 atom stereocenters. The number of aromatic nitrogens is 4. The van der Waals surface area contributed by atoms with Gasteiger partial charge in [0, 0.05) is 82.8 Å². The number of fused-ring (bicyclic) bond motifs is 8. The molecule has 0 aliphatic carbocycles. The molecule has 0 fully saturated rings. The van der Waals surface area contributed by atoms with Crippen LogP contribution in [0.2, 0.25) is 0 Å². The summed E-state index contributed by atoms with van der Waals surface area (Å²) in [7, 11) is 1.44. The lowest BCUT2D eigenvalue weighted by atomic mass is 10.1. The number of hydrogen-bond donors (Lipinski definition) is 0. The van der Waals surface area contributed by atoms with Gasteiger partial charge in [0.2, 0.25) is 0 Å². The van der Waals surface area contributed by atoms with E-state index in [1.165, 1.54) is 44.0 Å². The second-order valence-corrected chi connectivity index (χ2v) is 21.8.